The third-order valence-electron chi connectivity index (χ3n) is 2.70. The molecule has 0 aliphatic carbocycles. The van der Waals surface area contributed by atoms with Crippen molar-refractivity contribution < 1.29 is 14.1 Å². The molecule has 100 valence electrons. The van der Waals surface area contributed by atoms with Crippen molar-refractivity contribution >= 4 is 21.8 Å². The second-order valence-corrected chi connectivity index (χ2v) is 4.96. The maximum atomic E-state index is 10.6. The van der Waals surface area contributed by atoms with Gasteiger partial charge in [0.25, 0.3) is 0 Å². The molecular formula is C13H12BrNO4. The highest BCUT2D eigenvalue weighted by Crippen LogP contribution is 2.38. The number of aryl methyl sites for hydroxylation is 1. The lowest BCUT2D eigenvalue weighted by Gasteiger charge is -2.13. The number of nitro groups is 1. The van der Waals surface area contributed by atoms with E-state index in [1.807, 2.05) is 25.1 Å². The number of ether oxygens (including phenoxy) is 1. The smallest absolute Gasteiger partial charge is 0.433 e. The van der Waals surface area contributed by atoms with Crippen molar-refractivity contribution in [2.24, 2.45) is 0 Å². The summed E-state index contributed by atoms with van der Waals surface area (Å²) in [4.78, 5) is 9.77. The Labute approximate surface area is 118 Å². The summed E-state index contributed by atoms with van der Waals surface area (Å²) in [5.41, 5.74) is 1.94. The molecule has 0 aliphatic heterocycles. The quantitative estimate of drug-likeness (QED) is 0.484. The number of hydrogen-bond donors (Lipinski definition) is 0. The highest BCUT2D eigenvalue weighted by molar-refractivity contribution is 9.09. The Morgan fingerprint density at radius 1 is 1.37 bits per heavy atom. The zero-order valence-corrected chi connectivity index (χ0v) is 12.0. The van der Waals surface area contributed by atoms with E-state index in [4.69, 9.17) is 9.15 Å². The molecule has 0 saturated heterocycles. The molecule has 1 aromatic heterocycles. The molecule has 0 N–H and O–H groups in total. The van der Waals surface area contributed by atoms with Gasteiger partial charge in [0.15, 0.2) is 0 Å². The number of halogens is 1. The fourth-order valence-corrected chi connectivity index (χ4v) is 2.39. The Hall–Kier alpha value is -1.82. The lowest BCUT2D eigenvalue weighted by atomic mass is 10.1. The number of nitrogens with zero attached hydrogens (tertiary/aromatic N) is 1. The number of hydrogen-bond acceptors (Lipinski definition) is 4. The highest BCUT2D eigenvalue weighted by Gasteiger charge is 2.21. The van der Waals surface area contributed by atoms with E-state index in [0.717, 1.165) is 11.1 Å². The lowest BCUT2D eigenvalue weighted by Crippen LogP contribution is -1.96. The Kier molecular flexibility index (Phi) is 3.90. The highest BCUT2D eigenvalue weighted by atomic mass is 79.9. The van der Waals surface area contributed by atoms with Crippen LogP contribution in [0.15, 0.2) is 34.7 Å². The maximum Gasteiger partial charge on any atom is 0.433 e. The van der Waals surface area contributed by atoms with Gasteiger partial charge in [-0.1, -0.05) is 33.6 Å². The summed E-state index contributed by atoms with van der Waals surface area (Å²) in [5.74, 6) is 0.896. The summed E-state index contributed by atoms with van der Waals surface area (Å²) in [5, 5.41) is 10.6. The van der Waals surface area contributed by atoms with Crippen LogP contribution in [0.2, 0.25) is 0 Å². The van der Waals surface area contributed by atoms with Crippen molar-refractivity contribution in [3.63, 3.8) is 0 Å². The van der Waals surface area contributed by atoms with E-state index >= 15 is 0 Å². The van der Waals surface area contributed by atoms with E-state index in [1.54, 1.807) is 13.2 Å². The zero-order chi connectivity index (χ0) is 14.0. The van der Waals surface area contributed by atoms with Crippen LogP contribution in [0.25, 0.3) is 0 Å². The fraction of sp³-hybridized carbons (Fsp3) is 0.231. The molecule has 0 saturated carbocycles. The van der Waals surface area contributed by atoms with Gasteiger partial charge >= 0.3 is 5.88 Å². The Morgan fingerprint density at radius 3 is 2.68 bits per heavy atom. The first-order valence-corrected chi connectivity index (χ1v) is 6.47. The molecule has 1 aromatic carbocycles. The molecule has 0 bridgehead atoms. The number of methoxy groups -OCH3 is 1. The summed E-state index contributed by atoms with van der Waals surface area (Å²) >= 11 is 3.49. The van der Waals surface area contributed by atoms with Gasteiger partial charge in [0.1, 0.15) is 21.3 Å². The summed E-state index contributed by atoms with van der Waals surface area (Å²) in [6, 6.07) is 8.67. The monoisotopic (exact) mass is 325 g/mol. The summed E-state index contributed by atoms with van der Waals surface area (Å²) in [6.45, 7) is 1.97. The van der Waals surface area contributed by atoms with Gasteiger partial charge in [-0.2, -0.15) is 0 Å². The van der Waals surface area contributed by atoms with E-state index < -0.39 is 4.92 Å². The van der Waals surface area contributed by atoms with Gasteiger partial charge in [-0.3, -0.25) is 10.1 Å². The average Bonchev–Trinajstić information content (AvgIpc) is 2.87. The summed E-state index contributed by atoms with van der Waals surface area (Å²) in [6.07, 6.45) is 0. The van der Waals surface area contributed by atoms with E-state index in [0.29, 0.717) is 11.5 Å². The van der Waals surface area contributed by atoms with Crippen LogP contribution in [0.5, 0.6) is 5.75 Å². The van der Waals surface area contributed by atoms with E-state index in [9.17, 15) is 10.1 Å². The van der Waals surface area contributed by atoms with Gasteiger partial charge in [0.05, 0.1) is 13.2 Å². The third kappa shape index (κ3) is 2.78. The van der Waals surface area contributed by atoms with E-state index in [1.165, 1.54) is 6.07 Å². The first-order valence-electron chi connectivity index (χ1n) is 5.55. The second-order valence-electron chi connectivity index (χ2n) is 4.04. The Bertz CT molecular complexity index is 608. The minimum absolute atomic E-state index is 0.272. The Morgan fingerprint density at radius 2 is 2.11 bits per heavy atom. The summed E-state index contributed by atoms with van der Waals surface area (Å²) in [7, 11) is 1.58. The molecule has 1 unspecified atom stereocenters. The molecule has 0 radical (unpaired) electrons. The molecule has 1 heterocycles. The van der Waals surface area contributed by atoms with Crippen LogP contribution in [0.3, 0.4) is 0 Å². The van der Waals surface area contributed by atoms with Gasteiger partial charge in [0, 0.05) is 5.56 Å². The number of benzene rings is 1. The first-order chi connectivity index (χ1) is 9.02. The zero-order valence-electron chi connectivity index (χ0n) is 10.4. The largest absolute Gasteiger partial charge is 0.496 e. The fourth-order valence-electron chi connectivity index (χ4n) is 1.78. The minimum atomic E-state index is -0.559. The lowest BCUT2D eigenvalue weighted by molar-refractivity contribution is -0.402. The normalized spacial score (nSPS) is 12.2. The van der Waals surface area contributed by atoms with Crippen LogP contribution in [0, 0.1) is 17.0 Å². The predicted octanol–water partition coefficient (Wildman–Crippen LogP) is 3.99. The molecule has 5 nitrogen and oxygen atoms in total. The van der Waals surface area contributed by atoms with Crippen LogP contribution >= 0.6 is 15.9 Å². The molecule has 2 aromatic rings. The van der Waals surface area contributed by atoms with E-state index in [2.05, 4.69) is 15.9 Å². The molecule has 0 fully saturated rings. The van der Waals surface area contributed by atoms with Gasteiger partial charge < -0.3 is 9.15 Å². The summed E-state index contributed by atoms with van der Waals surface area (Å²) < 4.78 is 10.5. The minimum Gasteiger partial charge on any atom is -0.496 e. The molecule has 0 spiro atoms. The van der Waals surface area contributed by atoms with Gasteiger partial charge in [0.2, 0.25) is 0 Å². The number of alkyl halides is 1. The van der Waals surface area contributed by atoms with Crippen LogP contribution < -0.4 is 4.74 Å². The average molecular weight is 326 g/mol. The van der Waals surface area contributed by atoms with Crippen molar-refractivity contribution in [1.29, 1.82) is 0 Å². The van der Waals surface area contributed by atoms with Crippen molar-refractivity contribution in [2.75, 3.05) is 7.11 Å². The third-order valence-corrected chi connectivity index (χ3v) is 3.65. The van der Waals surface area contributed by atoms with Crippen molar-refractivity contribution in [1.82, 2.24) is 0 Å². The second kappa shape index (κ2) is 5.44. The predicted molar refractivity (Wildman–Crippen MR) is 73.9 cm³/mol. The molecule has 0 amide bonds. The molecule has 0 aliphatic rings. The number of furan rings is 1. The molecule has 1 atom stereocenters. The topological polar surface area (TPSA) is 65.5 Å². The van der Waals surface area contributed by atoms with Crippen molar-refractivity contribution in [3.05, 3.63) is 57.3 Å². The Balaban J connectivity index is 2.39. The molecule has 2 rings (SSSR count). The standard InChI is InChI=1S/C13H12BrNO4/c1-8-3-4-10(18-2)9(7-8)13(14)11-5-6-12(19-11)15(16)17/h3-7,13H,1-2H3. The molecule has 19 heavy (non-hydrogen) atoms. The van der Waals surface area contributed by atoms with Gasteiger partial charge in [-0.05, 0) is 19.1 Å². The van der Waals surface area contributed by atoms with Crippen LogP contribution in [0.4, 0.5) is 5.88 Å². The van der Waals surface area contributed by atoms with Gasteiger partial charge in [-0.15, -0.1) is 0 Å². The van der Waals surface area contributed by atoms with Crippen molar-refractivity contribution in [2.45, 2.75) is 11.8 Å². The number of rotatable bonds is 4. The van der Waals surface area contributed by atoms with Crippen LogP contribution in [-0.2, 0) is 0 Å². The molecular weight excluding hydrogens is 314 g/mol. The SMILES string of the molecule is COc1ccc(C)cc1C(Br)c1ccc([N+](=O)[O-])o1. The van der Waals surface area contributed by atoms with Crippen molar-refractivity contribution in [3.8, 4) is 5.75 Å². The van der Waals surface area contributed by atoms with Crippen LogP contribution in [0.1, 0.15) is 21.7 Å². The maximum absolute atomic E-state index is 10.6. The van der Waals surface area contributed by atoms with Crippen LogP contribution in [-0.4, -0.2) is 12.0 Å². The van der Waals surface area contributed by atoms with E-state index in [-0.39, 0.29) is 10.7 Å². The first kappa shape index (κ1) is 13.6. The molecule has 6 heteroatoms. The van der Waals surface area contributed by atoms with Gasteiger partial charge in [-0.25, -0.2) is 0 Å².